The Hall–Kier alpha value is -11.0. The highest BCUT2D eigenvalue weighted by molar-refractivity contribution is 6.11. The number of nitrogens with zero attached hydrogens (tertiary/aromatic N) is 2. The van der Waals surface area contributed by atoms with Crippen LogP contribution in [0, 0.1) is 43.3 Å². The van der Waals surface area contributed by atoms with Gasteiger partial charge in [-0.2, -0.15) is 0 Å². The van der Waals surface area contributed by atoms with Crippen molar-refractivity contribution in [1.29, 1.82) is 0 Å². The molecule has 19 heteroatoms. The van der Waals surface area contributed by atoms with E-state index in [2.05, 4.69) is 236 Å². The number of fused-ring (bicyclic) bond motifs is 32. The monoisotopic (exact) mass is 1920 g/mol. The Kier molecular flexibility index (Phi) is 22.3. The van der Waals surface area contributed by atoms with Crippen LogP contribution in [0.1, 0.15) is 239 Å². The zero-order valence-corrected chi connectivity index (χ0v) is 85.8. The van der Waals surface area contributed by atoms with Crippen molar-refractivity contribution in [2.75, 3.05) is 86.1 Å². The summed E-state index contributed by atoms with van der Waals surface area (Å²) in [7, 11) is 1.64. The van der Waals surface area contributed by atoms with E-state index >= 15 is 0 Å². The van der Waals surface area contributed by atoms with E-state index in [0.29, 0.717) is 92.1 Å². The normalized spacial score (nSPS) is 24.7. The van der Waals surface area contributed by atoms with Gasteiger partial charge in [0.2, 0.25) is 6.23 Å². The molecule has 26 rings (SSSR count). The van der Waals surface area contributed by atoms with Crippen LogP contribution in [-0.4, -0.2) is 158 Å². The molecule has 142 heavy (non-hydrogen) atoms. The average Bonchev–Trinajstić information content (AvgIpc) is 1.54. The van der Waals surface area contributed by atoms with Crippen LogP contribution in [-0.2, 0) is 35.9 Å². The molecule has 2 saturated heterocycles. The van der Waals surface area contributed by atoms with Gasteiger partial charge in [0.1, 0.15) is 35.7 Å². The lowest BCUT2D eigenvalue weighted by Gasteiger charge is -2.51. The van der Waals surface area contributed by atoms with Crippen molar-refractivity contribution in [1.82, 2.24) is 9.80 Å². The number of hydrogen-bond donors (Lipinski definition) is 6. The second-order valence-electron chi connectivity index (χ2n) is 50.5. The second-order valence-corrected chi connectivity index (χ2v) is 50.5. The Balaban J connectivity index is 0.000000105. The fraction of sp³-hybridized carbons (Fsp3) is 0.480. The molecule has 12 aromatic carbocycles. The minimum Gasteiger partial charge on any atom is -0.507 e. The number of aliphatic hydroxyl groups is 2. The third-order valence-corrected chi connectivity index (χ3v) is 34.0. The number of phenolic OH excluding ortho intramolecular Hbond substituents is 4. The molecule has 0 aromatic heterocycles. The molecule has 0 bridgehead atoms. The topological polar surface area (TPSA) is 229 Å². The van der Waals surface area contributed by atoms with Gasteiger partial charge in [0.25, 0.3) is 6.29 Å². The molecular weight excluding hydrogens is 1780 g/mol. The molecule has 0 radical (unpaired) electrons. The van der Waals surface area contributed by atoms with Crippen molar-refractivity contribution in [3.8, 4) is 114 Å². The summed E-state index contributed by atoms with van der Waals surface area (Å²) in [4.78, 5) is 4.38. The first-order valence-corrected chi connectivity index (χ1v) is 51.9. The van der Waals surface area contributed by atoms with Gasteiger partial charge >= 0.3 is 6.41 Å². The van der Waals surface area contributed by atoms with E-state index in [-0.39, 0.29) is 114 Å². The van der Waals surface area contributed by atoms with Gasteiger partial charge in [-0.3, -0.25) is 4.90 Å². The fourth-order valence-corrected chi connectivity index (χ4v) is 32.1. The summed E-state index contributed by atoms with van der Waals surface area (Å²) in [6, 6.07) is 59.3. The van der Waals surface area contributed by atoms with Crippen LogP contribution in [0.5, 0.6) is 69.0 Å². The highest BCUT2D eigenvalue weighted by Crippen LogP contribution is 2.72. The fourth-order valence-electron chi connectivity index (χ4n) is 32.1. The molecule has 6 aliphatic heterocycles. The van der Waals surface area contributed by atoms with Gasteiger partial charge in [-0.25, -0.2) is 4.90 Å². The van der Waals surface area contributed by atoms with Gasteiger partial charge in [0, 0.05) is 82.9 Å². The standard InChI is InChI=1S/C33H39NO5.C31H35NO4.C30H34O4.C29H32O4/c1-31(2)17-32(3,4)19-33(18-31)23-9-7-6-8-20(23)28-22-15-26-27(14-21(22)25(35)16-24(28)33)39-30(36-5)29(38-26)34-10-12-37-13-11-34;1-29(2)16-30(3,4)18-31(17-29)22-8-6-5-7-19(22)27-21-14-26-25(13-20(21)24(33)15-23(27)31)35-28(36-26)32-9-11-34-12-10-32;1-28(2)15-29(3,4)17-30(16-28)22-8-6-5-7-19(22)27-21-12-26-25(33-10-9-18(14-31)34-26)11-20(21)24(32)13-23(27)30;1-27(2)14-28(3,4)16-29(15-27)21-8-6-5-7-18(21)26-20-10-25-24(32-13-17(12-30)33-25)9-19(20)23(31)11-22(26)29/h6-9,14-16,29-30,35H,10-13,17-19H2,1-5H3;5-8,13-15,28,33H,9-12,16-18H2,1-4H3;5-8,11-13,18,31-32H,9-10,14-17H2,1-4H3;5-11,17,30-31H,12-16H2,1-4H3. The predicted octanol–water partition coefficient (Wildman–Crippen LogP) is 25.6. The van der Waals surface area contributed by atoms with Gasteiger partial charge in [-0.05, 0) is 304 Å². The summed E-state index contributed by atoms with van der Waals surface area (Å²) in [5.41, 5.74) is 21.3. The van der Waals surface area contributed by atoms with Crippen molar-refractivity contribution in [3.05, 3.63) is 214 Å². The lowest BCUT2D eigenvalue weighted by molar-refractivity contribution is -0.195. The Morgan fingerprint density at radius 2 is 0.563 bits per heavy atom. The first kappa shape index (κ1) is 94.6. The number of benzene rings is 12. The number of ether oxygens (including phenoxy) is 11. The summed E-state index contributed by atoms with van der Waals surface area (Å²) in [5, 5.41) is 72.0. The Labute approximate surface area is 835 Å². The van der Waals surface area contributed by atoms with Crippen LogP contribution in [0.15, 0.2) is 170 Å². The molecule has 5 atom stereocenters. The number of morpholine rings is 2. The van der Waals surface area contributed by atoms with Crippen molar-refractivity contribution < 1.29 is 82.7 Å². The van der Waals surface area contributed by atoms with E-state index in [1.54, 1.807) is 7.11 Å². The minimum atomic E-state index is -0.569. The summed E-state index contributed by atoms with van der Waals surface area (Å²) >= 11 is 0. The third-order valence-electron chi connectivity index (χ3n) is 34.0. The van der Waals surface area contributed by atoms with Gasteiger partial charge in [0.15, 0.2) is 52.1 Å². The molecule has 19 nitrogen and oxygen atoms in total. The molecule has 6 N–H and O–H groups in total. The zero-order valence-electron chi connectivity index (χ0n) is 85.8. The molecule has 4 saturated carbocycles. The maximum Gasteiger partial charge on any atom is 0.305 e. The Morgan fingerprint density at radius 1 is 0.289 bits per heavy atom. The number of hydrogen-bond acceptors (Lipinski definition) is 19. The molecule has 6 fully saturated rings. The number of methoxy groups -OCH3 is 1. The van der Waals surface area contributed by atoms with Gasteiger partial charge in [0.05, 0.1) is 46.2 Å². The molecule has 5 unspecified atom stereocenters. The van der Waals surface area contributed by atoms with Crippen LogP contribution in [0.3, 0.4) is 0 Å². The first-order chi connectivity index (χ1) is 67.5. The molecule has 14 aliphatic rings. The van der Waals surface area contributed by atoms with Gasteiger partial charge in [-0.15, -0.1) is 0 Å². The van der Waals surface area contributed by atoms with Crippen LogP contribution in [0.25, 0.3) is 87.6 Å². The molecule has 12 aromatic rings. The van der Waals surface area contributed by atoms with Crippen LogP contribution in [0.4, 0.5) is 0 Å². The van der Waals surface area contributed by atoms with Gasteiger partial charge < -0.3 is 82.7 Å². The Bertz CT molecular complexity index is 7040. The molecule has 0 amide bonds. The Morgan fingerprint density at radius 3 is 0.887 bits per heavy atom. The van der Waals surface area contributed by atoms with Crippen molar-refractivity contribution in [2.24, 2.45) is 43.3 Å². The van der Waals surface area contributed by atoms with E-state index in [1.165, 1.54) is 115 Å². The second kappa shape index (κ2) is 33.5. The largest absolute Gasteiger partial charge is 0.507 e. The number of rotatable bonds is 5. The van der Waals surface area contributed by atoms with E-state index in [0.717, 1.165) is 126 Å². The molecular formula is C123H140N2O17. The quantitative estimate of drug-likeness (QED) is 0.0941. The van der Waals surface area contributed by atoms with E-state index < -0.39 is 12.7 Å². The van der Waals surface area contributed by atoms with E-state index in [4.69, 9.17) is 52.1 Å². The molecule has 744 valence electrons. The summed E-state index contributed by atoms with van der Waals surface area (Å²) < 4.78 is 66.2. The number of aliphatic hydroxyl groups excluding tert-OH is 2. The maximum atomic E-state index is 11.5. The lowest BCUT2D eigenvalue weighted by atomic mass is 9.52. The smallest absolute Gasteiger partial charge is 0.305 e. The van der Waals surface area contributed by atoms with Crippen LogP contribution >= 0.6 is 0 Å². The highest BCUT2D eigenvalue weighted by atomic mass is 16.7. The van der Waals surface area contributed by atoms with Crippen LogP contribution in [0.2, 0.25) is 0 Å². The van der Waals surface area contributed by atoms with Crippen molar-refractivity contribution >= 4 is 43.1 Å². The highest BCUT2D eigenvalue weighted by Gasteiger charge is 2.60. The predicted molar refractivity (Wildman–Crippen MR) is 557 cm³/mol. The molecule has 6 heterocycles. The number of phenols is 4. The number of aromatic hydroxyl groups is 4. The van der Waals surface area contributed by atoms with Gasteiger partial charge in [-0.1, -0.05) is 208 Å². The minimum absolute atomic E-state index is 0.0465. The average molecular weight is 1920 g/mol. The summed E-state index contributed by atoms with van der Waals surface area (Å²) in [6.45, 7) is 44.7. The summed E-state index contributed by atoms with van der Waals surface area (Å²) in [6.07, 6.45) is 11.8. The van der Waals surface area contributed by atoms with E-state index in [9.17, 15) is 30.6 Å². The van der Waals surface area contributed by atoms with Crippen molar-refractivity contribution in [2.45, 2.75) is 247 Å². The van der Waals surface area contributed by atoms with Crippen LogP contribution < -0.4 is 37.9 Å². The third kappa shape index (κ3) is 15.8. The first-order valence-electron chi connectivity index (χ1n) is 51.9. The molecule has 4 spiro atoms. The maximum absolute atomic E-state index is 11.5. The molecule has 8 aliphatic carbocycles. The zero-order chi connectivity index (χ0) is 99.1. The SMILES string of the molecule is CC1(C)CC(C)(C)CC2(C1)c1ccccc1-c1c2cc(O)c2cc3c(cc12)OC(CO)CCO3.CC1(C)CC(C)(C)CC2(C1)c1ccccc1-c1c2cc(O)c2cc3c(cc12)OC(CO)CO3.CC1(C)CC(C)(C)CC2(C1)c1ccccc1-c1c2cc(O)c2cc3c(cc12)OC(N1CCOCC1)O3.COC1Oc2cc3c(O)cc4c(c3cc2OC1N1CCOCC1)-c1ccccc1C41CC(C)(C)CC(C)(C)C1. The van der Waals surface area contributed by atoms with Crippen molar-refractivity contribution in [3.63, 3.8) is 0 Å². The summed E-state index contributed by atoms with van der Waals surface area (Å²) in [5.74, 6) is 6.39. The lowest BCUT2D eigenvalue weighted by Crippen LogP contribution is -2.55. The van der Waals surface area contributed by atoms with E-state index in [1.807, 2.05) is 54.6 Å².